The number of aryl methyl sites for hydroxylation is 1. The van der Waals surface area contributed by atoms with Crippen LogP contribution < -0.4 is 11.1 Å². The van der Waals surface area contributed by atoms with Crippen LogP contribution in [0.3, 0.4) is 0 Å². The molecule has 6 nitrogen and oxygen atoms in total. The topological polar surface area (TPSA) is 76.3 Å². The van der Waals surface area contributed by atoms with E-state index in [1.165, 1.54) is 0 Å². The van der Waals surface area contributed by atoms with Gasteiger partial charge < -0.3 is 15.8 Å². The molecule has 1 aliphatic heterocycles. The Balaban J connectivity index is 1.87. The largest absolute Gasteiger partial charge is 0.374 e. The number of nitrogens with two attached hydrogens (primary N) is 1. The fraction of sp³-hybridized carbons (Fsp3) is 0.667. The number of hydrogen-bond acceptors (Lipinski definition) is 6. The number of likely N-dealkylation sites (N-methyl/N-ethyl adjacent to an activating group) is 1. The lowest BCUT2D eigenvalue weighted by atomic mass is 10.2. The molecule has 1 aliphatic rings. The van der Waals surface area contributed by atoms with Crippen molar-refractivity contribution in [3.8, 4) is 0 Å². The summed E-state index contributed by atoms with van der Waals surface area (Å²) in [5, 5.41) is 3.26. The molecule has 0 radical (unpaired) electrons. The van der Waals surface area contributed by atoms with Gasteiger partial charge in [-0.25, -0.2) is 4.98 Å². The highest BCUT2D eigenvalue weighted by molar-refractivity contribution is 5.40. The first-order valence-corrected chi connectivity index (χ1v) is 6.36. The van der Waals surface area contributed by atoms with Crippen molar-refractivity contribution in [3.63, 3.8) is 0 Å². The van der Waals surface area contributed by atoms with E-state index >= 15 is 0 Å². The standard InChI is InChI=1S/C12H21N5O/c1-3-17-4-5-18-10(8-17)7-14-11-6-9(2)15-12(13)16-11/h6,10H,3-5,7-8H2,1-2H3,(H3,13,14,15,16). The molecule has 6 heteroatoms. The number of aromatic nitrogens is 2. The predicted molar refractivity (Wildman–Crippen MR) is 71.5 cm³/mol. The molecule has 2 heterocycles. The zero-order chi connectivity index (χ0) is 13.0. The van der Waals surface area contributed by atoms with Crippen molar-refractivity contribution in [2.75, 3.05) is 43.8 Å². The summed E-state index contributed by atoms with van der Waals surface area (Å²) >= 11 is 0. The van der Waals surface area contributed by atoms with Crippen LogP contribution in [0.4, 0.5) is 11.8 Å². The van der Waals surface area contributed by atoms with Crippen LogP contribution in [0.25, 0.3) is 0 Å². The van der Waals surface area contributed by atoms with Crippen LogP contribution in [0.2, 0.25) is 0 Å². The fourth-order valence-electron chi connectivity index (χ4n) is 2.09. The van der Waals surface area contributed by atoms with Gasteiger partial charge in [0.2, 0.25) is 5.95 Å². The summed E-state index contributed by atoms with van der Waals surface area (Å²) in [6, 6.07) is 1.89. The molecule has 0 aromatic carbocycles. The molecule has 1 aromatic heterocycles. The summed E-state index contributed by atoms with van der Waals surface area (Å²) in [4.78, 5) is 10.6. The van der Waals surface area contributed by atoms with Crippen LogP contribution in [-0.4, -0.2) is 53.8 Å². The van der Waals surface area contributed by atoms with E-state index in [0.717, 1.165) is 44.3 Å². The van der Waals surface area contributed by atoms with Crippen molar-refractivity contribution in [1.29, 1.82) is 0 Å². The first-order valence-electron chi connectivity index (χ1n) is 6.36. The first kappa shape index (κ1) is 13.0. The highest BCUT2D eigenvalue weighted by Crippen LogP contribution is 2.09. The molecule has 0 aliphatic carbocycles. The number of anilines is 2. The van der Waals surface area contributed by atoms with Gasteiger partial charge in [0, 0.05) is 31.4 Å². The smallest absolute Gasteiger partial charge is 0.222 e. The summed E-state index contributed by atoms with van der Waals surface area (Å²) in [6.07, 6.45) is 0.204. The van der Waals surface area contributed by atoms with Gasteiger partial charge in [-0.3, -0.25) is 4.90 Å². The molecule has 1 unspecified atom stereocenters. The molecule has 2 rings (SSSR count). The number of hydrogen-bond donors (Lipinski definition) is 2. The Kier molecular flexibility index (Phi) is 4.33. The Morgan fingerprint density at radius 3 is 3.11 bits per heavy atom. The molecule has 1 aromatic rings. The second-order valence-corrected chi connectivity index (χ2v) is 4.52. The van der Waals surface area contributed by atoms with Crippen LogP contribution in [0, 0.1) is 6.92 Å². The zero-order valence-corrected chi connectivity index (χ0v) is 11.0. The Hall–Kier alpha value is -1.40. The van der Waals surface area contributed by atoms with E-state index in [1.54, 1.807) is 0 Å². The SMILES string of the molecule is CCN1CCOC(CNc2cc(C)nc(N)n2)C1. The summed E-state index contributed by atoms with van der Waals surface area (Å²) in [6.45, 7) is 8.66. The number of ether oxygens (including phenoxy) is 1. The lowest BCUT2D eigenvalue weighted by Gasteiger charge is -2.32. The van der Waals surface area contributed by atoms with Gasteiger partial charge >= 0.3 is 0 Å². The summed E-state index contributed by atoms with van der Waals surface area (Å²) in [7, 11) is 0. The van der Waals surface area contributed by atoms with Crippen molar-refractivity contribution < 1.29 is 4.74 Å². The average molecular weight is 251 g/mol. The van der Waals surface area contributed by atoms with Crippen molar-refractivity contribution >= 4 is 11.8 Å². The molecule has 3 N–H and O–H groups in total. The minimum atomic E-state index is 0.204. The third kappa shape index (κ3) is 3.54. The number of nitrogens with zero attached hydrogens (tertiary/aromatic N) is 3. The normalized spacial score (nSPS) is 20.9. The minimum Gasteiger partial charge on any atom is -0.374 e. The van der Waals surface area contributed by atoms with E-state index < -0.39 is 0 Å². The Bertz CT molecular complexity index is 378. The van der Waals surface area contributed by atoms with Gasteiger partial charge in [-0.05, 0) is 13.5 Å². The molecule has 0 bridgehead atoms. The number of rotatable bonds is 4. The third-order valence-electron chi connectivity index (χ3n) is 3.05. The lowest BCUT2D eigenvalue weighted by Crippen LogP contribution is -2.45. The van der Waals surface area contributed by atoms with Crippen LogP contribution in [-0.2, 0) is 4.74 Å². The van der Waals surface area contributed by atoms with Crippen molar-refractivity contribution in [1.82, 2.24) is 14.9 Å². The van der Waals surface area contributed by atoms with Gasteiger partial charge in [0.05, 0.1) is 12.7 Å². The highest BCUT2D eigenvalue weighted by Gasteiger charge is 2.18. The second kappa shape index (κ2) is 5.97. The van der Waals surface area contributed by atoms with Gasteiger partial charge in [-0.15, -0.1) is 0 Å². The van der Waals surface area contributed by atoms with Gasteiger partial charge in [-0.2, -0.15) is 4.98 Å². The van der Waals surface area contributed by atoms with Gasteiger partial charge in [0.1, 0.15) is 5.82 Å². The molecule has 1 saturated heterocycles. The summed E-state index contributed by atoms with van der Waals surface area (Å²) < 4.78 is 5.71. The molecular weight excluding hydrogens is 230 g/mol. The number of nitrogens with one attached hydrogen (secondary N) is 1. The van der Waals surface area contributed by atoms with E-state index in [2.05, 4.69) is 27.1 Å². The number of morpholine rings is 1. The van der Waals surface area contributed by atoms with E-state index in [9.17, 15) is 0 Å². The van der Waals surface area contributed by atoms with E-state index in [-0.39, 0.29) is 6.10 Å². The molecule has 18 heavy (non-hydrogen) atoms. The van der Waals surface area contributed by atoms with E-state index in [1.807, 2.05) is 13.0 Å². The second-order valence-electron chi connectivity index (χ2n) is 4.52. The molecular formula is C12H21N5O. The number of nitrogen functional groups attached to an aromatic ring is 1. The van der Waals surface area contributed by atoms with Crippen LogP contribution in [0.15, 0.2) is 6.07 Å². The molecule has 1 atom stereocenters. The quantitative estimate of drug-likeness (QED) is 0.811. The summed E-state index contributed by atoms with van der Waals surface area (Å²) in [5.41, 5.74) is 6.48. The Morgan fingerprint density at radius 2 is 2.39 bits per heavy atom. The maximum atomic E-state index is 5.71. The van der Waals surface area contributed by atoms with Crippen molar-refractivity contribution in [2.24, 2.45) is 0 Å². The fourth-order valence-corrected chi connectivity index (χ4v) is 2.09. The highest BCUT2D eigenvalue weighted by atomic mass is 16.5. The van der Waals surface area contributed by atoms with Crippen LogP contribution in [0.5, 0.6) is 0 Å². The van der Waals surface area contributed by atoms with Crippen molar-refractivity contribution in [3.05, 3.63) is 11.8 Å². The van der Waals surface area contributed by atoms with Gasteiger partial charge in [-0.1, -0.05) is 6.92 Å². The van der Waals surface area contributed by atoms with Crippen LogP contribution >= 0.6 is 0 Å². The Morgan fingerprint density at radius 1 is 1.56 bits per heavy atom. The Labute approximate surface area is 108 Å². The lowest BCUT2D eigenvalue weighted by molar-refractivity contribution is -0.0192. The zero-order valence-electron chi connectivity index (χ0n) is 11.0. The molecule has 1 fully saturated rings. The van der Waals surface area contributed by atoms with Gasteiger partial charge in [0.15, 0.2) is 0 Å². The predicted octanol–water partition coefficient (Wildman–Crippen LogP) is 0.500. The summed E-state index contributed by atoms with van der Waals surface area (Å²) in [5.74, 6) is 1.06. The maximum absolute atomic E-state index is 5.71. The van der Waals surface area contributed by atoms with Crippen molar-refractivity contribution in [2.45, 2.75) is 20.0 Å². The monoisotopic (exact) mass is 251 g/mol. The molecule has 100 valence electrons. The van der Waals surface area contributed by atoms with Crippen LogP contribution in [0.1, 0.15) is 12.6 Å². The maximum Gasteiger partial charge on any atom is 0.222 e. The minimum absolute atomic E-state index is 0.204. The molecule has 0 amide bonds. The first-order chi connectivity index (χ1) is 8.67. The third-order valence-corrected chi connectivity index (χ3v) is 3.05. The molecule has 0 spiro atoms. The van der Waals surface area contributed by atoms with E-state index in [4.69, 9.17) is 10.5 Å². The molecule has 0 saturated carbocycles. The van der Waals surface area contributed by atoms with E-state index in [0.29, 0.717) is 5.95 Å². The average Bonchev–Trinajstić information content (AvgIpc) is 2.35. The van der Waals surface area contributed by atoms with Gasteiger partial charge in [0.25, 0.3) is 0 Å².